The summed E-state index contributed by atoms with van der Waals surface area (Å²) in [5.41, 5.74) is 1.43. The van der Waals surface area contributed by atoms with Crippen molar-refractivity contribution >= 4 is 39.9 Å². The van der Waals surface area contributed by atoms with Gasteiger partial charge in [0.25, 0.3) is 0 Å². The molecule has 4 aliphatic heterocycles. The first-order valence-corrected chi connectivity index (χ1v) is 22.3. The fourth-order valence-electron chi connectivity index (χ4n) is 7.58. The Labute approximate surface area is 181 Å². The molecule has 3 fully saturated rings. The second kappa shape index (κ2) is 5.17. The number of hydrogen-bond acceptors (Lipinski definition) is 0. The Morgan fingerprint density at radius 2 is 0.821 bits per heavy atom. The summed E-state index contributed by atoms with van der Waals surface area (Å²) in [6.07, 6.45) is 0. The Kier molecular flexibility index (Phi) is 4.18. The van der Waals surface area contributed by atoms with E-state index in [9.17, 15) is 0 Å². The van der Waals surface area contributed by atoms with Crippen LogP contribution in [-0.2, 0) is 0 Å². The summed E-state index contributed by atoms with van der Waals surface area (Å²) in [7, 11) is -2.43. The highest BCUT2D eigenvalue weighted by Crippen LogP contribution is 3.38. The second-order valence-electron chi connectivity index (χ2n) is 14.9. The quantitative estimate of drug-likeness (QED) is 0.278. The zero-order valence-electron chi connectivity index (χ0n) is 21.3. The van der Waals surface area contributed by atoms with E-state index in [2.05, 4.69) is 111 Å². The molecule has 28 heavy (non-hydrogen) atoms. The Balaban J connectivity index is 2.11. The molecule has 160 valence electrons. The van der Waals surface area contributed by atoms with Gasteiger partial charge in [-0.2, -0.15) is 0 Å². The largest absolute Gasteiger partial charge is 0.0782 e. The third-order valence-electron chi connectivity index (χ3n) is 7.86. The summed E-state index contributed by atoms with van der Waals surface area (Å²) < 4.78 is 0.749. The molecule has 0 aliphatic carbocycles. The van der Waals surface area contributed by atoms with Crippen LogP contribution in [0.15, 0.2) is 9.87 Å². The van der Waals surface area contributed by atoms with E-state index < -0.39 is 16.1 Å². The van der Waals surface area contributed by atoms with E-state index in [0.29, 0.717) is 26.0 Å². The van der Waals surface area contributed by atoms with Crippen molar-refractivity contribution in [2.75, 3.05) is 0 Å². The van der Waals surface area contributed by atoms with Crippen molar-refractivity contribution in [3.05, 3.63) is 9.87 Å². The van der Waals surface area contributed by atoms with Crippen LogP contribution >= 0.6 is 23.8 Å². The van der Waals surface area contributed by atoms with Crippen molar-refractivity contribution in [3.63, 3.8) is 0 Å². The normalized spacial score (nSPS) is 44.9. The summed E-state index contributed by atoms with van der Waals surface area (Å²) >= 11 is 0. The van der Waals surface area contributed by atoms with Crippen LogP contribution in [0.4, 0.5) is 0 Å². The van der Waals surface area contributed by atoms with Crippen LogP contribution in [0.1, 0.15) is 62.3 Å². The molecule has 4 heterocycles. The van der Waals surface area contributed by atoms with E-state index in [-0.39, 0.29) is 23.8 Å². The zero-order chi connectivity index (χ0) is 21.9. The first kappa shape index (κ1) is 22.7. The first-order valence-electron chi connectivity index (χ1n) is 11.3. The predicted octanol–water partition coefficient (Wildman–Crippen LogP) is 9.64. The molecule has 0 nitrogen and oxygen atoms in total. The lowest BCUT2D eigenvalue weighted by atomic mass is 9.80. The summed E-state index contributed by atoms with van der Waals surface area (Å²) in [4.78, 5) is 5.77. The first-order chi connectivity index (χ1) is 12.1. The molecule has 0 aromatic heterocycles. The number of fused-ring (bicyclic) bond motifs is 3. The molecule has 5 heteroatoms. The van der Waals surface area contributed by atoms with Crippen LogP contribution in [0.2, 0.25) is 39.3 Å². The number of rotatable bonds is 2. The van der Waals surface area contributed by atoms with Crippen LogP contribution < -0.4 is 0 Å². The maximum atomic E-state index is 2.69. The third kappa shape index (κ3) is 1.87. The minimum absolute atomic E-state index is 0.0253. The van der Waals surface area contributed by atoms with Gasteiger partial charge in [0.2, 0.25) is 0 Å². The van der Waals surface area contributed by atoms with E-state index in [1.807, 2.05) is 0 Å². The fourth-order valence-corrected chi connectivity index (χ4v) is 48.0. The van der Waals surface area contributed by atoms with E-state index in [0.717, 1.165) is 4.64 Å². The summed E-state index contributed by atoms with van der Waals surface area (Å²) in [6, 6.07) is 0. The van der Waals surface area contributed by atoms with Crippen molar-refractivity contribution in [1.82, 2.24) is 0 Å². The van der Waals surface area contributed by atoms with Gasteiger partial charge in [-0.1, -0.05) is 135 Å². The molecule has 0 spiro atoms. The Bertz CT molecular complexity index is 738. The SMILES string of the molecule is CC(C)(C)C12P3[C@@]4(C(C)(C)C)[P@]1C([Si](C)(C)C)=C([Si](C)(C)C)[P@@]2[C@@]34C(C)(C)C. The number of hydrogen-bond donors (Lipinski definition) is 0. The minimum atomic E-state index is -1.32. The molecule has 0 saturated carbocycles. The molecule has 0 amide bonds. The highest BCUT2D eigenvalue weighted by molar-refractivity contribution is 8.29. The van der Waals surface area contributed by atoms with Crippen LogP contribution in [0.25, 0.3) is 0 Å². The topological polar surface area (TPSA) is 0 Å². The van der Waals surface area contributed by atoms with Crippen LogP contribution in [0.3, 0.4) is 0 Å². The molecule has 0 bridgehead atoms. The van der Waals surface area contributed by atoms with Crippen molar-refractivity contribution in [1.29, 1.82) is 0 Å². The lowest BCUT2D eigenvalue weighted by molar-refractivity contribution is 0.294. The van der Waals surface area contributed by atoms with Gasteiger partial charge in [-0.05, 0) is 16.2 Å². The van der Waals surface area contributed by atoms with Crippen molar-refractivity contribution < 1.29 is 0 Å². The monoisotopic (exact) mass is 470 g/mol. The smallest absolute Gasteiger partial charge is 0.0656 e. The molecule has 4 aliphatic rings. The Hall–Kier alpha value is 1.46. The second-order valence-corrected chi connectivity index (χ2v) is 35.1. The van der Waals surface area contributed by atoms with E-state index >= 15 is 0 Å². The van der Waals surface area contributed by atoms with E-state index in [1.54, 1.807) is 0 Å². The van der Waals surface area contributed by atoms with Gasteiger partial charge in [-0.15, -0.1) is 0 Å². The third-order valence-corrected chi connectivity index (χ3v) is 35.6. The van der Waals surface area contributed by atoms with Gasteiger partial charge in [-0.25, -0.2) is 0 Å². The van der Waals surface area contributed by atoms with Gasteiger partial charge in [-0.3, -0.25) is 0 Å². The molecule has 4 rings (SSSR count). The summed E-state index contributed by atoms with van der Waals surface area (Å²) in [6.45, 7) is 39.9. The summed E-state index contributed by atoms with van der Waals surface area (Å²) in [5, 5.41) is 0. The fraction of sp³-hybridized carbons (Fsp3) is 0.913. The van der Waals surface area contributed by atoms with Crippen molar-refractivity contribution in [2.45, 2.75) is 116 Å². The van der Waals surface area contributed by atoms with E-state index in [1.165, 1.54) is 0 Å². The standard InChI is InChI=1S/C23H45P3Si2/c1-18(2,3)21-22(19(4,5)6)25-17(28(13,14)15)16(27(10,11)12)24(21)23(25,26(21)22)20(7,8)9/h1-15H3/t21-,22+,23?,24-,25-,26?/m0/s1. The lowest BCUT2D eigenvalue weighted by Gasteiger charge is -2.66. The van der Waals surface area contributed by atoms with Gasteiger partial charge in [0.1, 0.15) is 0 Å². The Morgan fingerprint density at radius 1 is 0.536 bits per heavy atom. The van der Waals surface area contributed by atoms with Gasteiger partial charge >= 0.3 is 0 Å². The Morgan fingerprint density at radius 3 is 1.00 bits per heavy atom. The highest BCUT2D eigenvalue weighted by Gasteiger charge is 3.12. The molecule has 0 radical (unpaired) electrons. The minimum Gasteiger partial charge on any atom is -0.0656 e. The van der Waals surface area contributed by atoms with Crippen LogP contribution in [0, 0.1) is 16.2 Å². The van der Waals surface area contributed by atoms with Crippen LogP contribution in [0.5, 0.6) is 0 Å². The molecule has 0 N–H and O–H groups in total. The van der Waals surface area contributed by atoms with Gasteiger partial charge in [0.05, 0.1) is 16.1 Å². The molecule has 6 atom stereocenters. The zero-order valence-corrected chi connectivity index (χ0v) is 26.0. The molecule has 0 aromatic carbocycles. The summed E-state index contributed by atoms with van der Waals surface area (Å²) in [5.74, 6) is 0. The van der Waals surface area contributed by atoms with Gasteiger partial charge < -0.3 is 0 Å². The van der Waals surface area contributed by atoms with Crippen molar-refractivity contribution in [2.24, 2.45) is 16.2 Å². The van der Waals surface area contributed by atoms with Gasteiger partial charge in [0, 0.05) is 14.4 Å². The average molecular weight is 471 g/mol. The maximum absolute atomic E-state index is 2.69. The van der Waals surface area contributed by atoms with Gasteiger partial charge in [0.15, 0.2) is 0 Å². The molecule has 0 aromatic rings. The maximum Gasteiger partial charge on any atom is 0.0782 e. The molecular formula is C23H45P3Si2. The molecule has 2 unspecified atom stereocenters. The van der Waals surface area contributed by atoms with E-state index in [4.69, 9.17) is 0 Å². The molecular weight excluding hydrogens is 425 g/mol. The lowest BCUT2D eigenvalue weighted by Crippen LogP contribution is -2.47. The predicted molar refractivity (Wildman–Crippen MR) is 141 cm³/mol. The molecule has 3 saturated heterocycles. The van der Waals surface area contributed by atoms with Crippen molar-refractivity contribution in [3.8, 4) is 0 Å². The highest BCUT2D eigenvalue weighted by atomic mass is 31.3. The average Bonchev–Trinajstić information content (AvgIpc) is 2.64. The van der Waals surface area contributed by atoms with Crippen LogP contribution in [-0.4, -0.2) is 30.6 Å².